The first-order chi connectivity index (χ1) is 13.6. The smallest absolute Gasteiger partial charge is 0.344 e. The lowest BCUT2D eigenvalue weighted by Crippen LogP contribution is -2.26. The van der Waals surface area contributed by atoms with E-state index in [1.807, 2.05) is 37.3 Å². The summed E-state index contributed by atoms with van der Waals surface area (Å²) in [7, 11) is 0. The topological polar surface area (TPSA) is 105 Å². The number of nitrogens with one attached hydrogen (secondary N) is 1. The Hall–Kier alpha value is -3.98. The number of hydrogen-bond acceptors (Lipinski definition) is 5. The van der Waals surface area contributed by atoms with Crippen LogP contribution in [0.1, 0.15) is 22.7 Å². The molecule has 0 saturated carbocycles. The first kappa shape index (κ1) is 16.2. The van der Waals surface area contributed by atoms with Gasteiger partial charge in [-0.15, -0.1) is 0 Å². The van der Waals surface area contributed by atoms with Gasteiger partial charge in [-0.05, 0) is 30.7 Å². The van der Waals surface area contributed by atoms with Crippen LogP contribution in [0.3, 0.4) is 0 Å². The first-order valence-corrected chi connectivity index (χ1v) is 8.80. The van der Waals surface area contributed by atoms with Crippen molar-refractivity contribution in [1.82, 2.24) is 4.98 Å². The van der Waals surface area contributed by atoms with E-state index < -0.39 is 11.5 Å². The van der Waals surface area contributed by atoms with Crippen molar-refractivity contribution in [2.45, 2.75) is 12.8 Å². The van der Waals surface area contributed by atoms with Gasteiger partial charge in [0.2, 0.25) is 5.88 Å². The summed E-state index contributed by atoms with van der Waals surface area (Å²) in [5.74, 6) is -0.329. The van der Waals surface area contributed by atoms with Crippen LogP contribution in [0.25, 0.3) is 21.9 Å². The van der Waals surface area contributed by atoms with E-state index in [1.165, 1.54) is 0 Å². The Morgan fingerprint density at radius 3 is 2.57 bits per heavy atom. The Morgan fingerprint density at radius 1 is 1.07 bits per heavy atom. The van der Waals surface area contributed by atoms with Crippen molar-refractivity contribution >= 4 is 21.9 Å². The minimum atomic E-state index is -0.675. The van der Waals surface area contributed by atoms with Crippen LogP contribution >= 0.6 is 0 Å². The number of ether oxygens (including phenoxy) is 1. The van der Waals surface area contributed by atoms with Crippen molar-refractivity contribution in [3.63, 3.8) is 0 Å². The summed E-state index contributed by atoms with van der Waals surface area (Å²) in [5, 5.41) is 11.4. The van der Waals surface area contributed by atoms with Crippen LogP contribution in [0.15, 0.2) is 69.2 Å². The first-order valence-electron chi connectivity index (χ1n) is 8.80. The fourth-order valence-corrected chi connectivity index (χ4v) is 4.02. The summed E-state index contributed by atoms with van der Waals surface area (Å²) < 4.78 is 11.3. The third-order valence-corrected chi connectivity index (χ3v) is 5.21. The maximum atomic E-state index is 13.0. The summed E-state index contributed by atoms with van der Waals surface area (Å²) in [6.45, 7) is 1.92. The highest BCUT2D eigenvalue weighted by atomic mass is 16.5. The van der Waals surface area contributed by atoms with E-state index in [2.05, 4.69) is 11.1 Å². The zero-order valence-corrected chi connectivity index (χ0v) is 14.9. The molecule has 6 heteroatoms. The van der Waals surface area contributed by atoms with E-state index in [1.54, 1.807) is 18.2 Å². The standard InChI is InChI=1S/C22H15N3O3/c1-11-17(12-6-2-4-8-15(12)25-11)18-14(10-23)21(24)28-20-13-7-3-5-9-16(13)27-22(26)19(18)20/h2-9,18,25H,24H2,1H3. The van der Waals surface area contributed by atoms with Crippen molar-refractivity contribution in [3.05, 3.63) is 87.2 Å². The number of fused-ring (bicyclic) bond motifs is 4. The Labute approximate surface area is 159 Å². The summed E-state index contributed by atoms with van der Waals surface area (Å²) in [6.07, 6.45) is 0. The molecular weight excluding hydrogens is 354 g/mol. The number of benzene rings is 2. The number of aromatic amines is 1. The number of nitriles is 1. The highest BCUT2D eigenvalue weighted by molar-refractivity contribution is 5.89. The Morgan fingerprint density at radius 2 is 1.79 bits per heavy atom. The third-order valence-electron chi connectivity index (χ3n) is 5.21. The van der Waals surface area contributed by atoms with Gasteiger partial charge in [0.05, 0.1) is 16.9 Å². The van der Waals surface area contributed by atoms with Gasteiger partial charge in [-0.25, -0.2) is 4.79 Å². The highest BCUT2D eigenvalue weighted by Crippen LogP contribution is 2.46. The van der Waals surface area contributed by atoms with Gasteiger partial charge in [-0.3, -0.25) is 0 Å². The van der Waals surface area contributed by atoms with Crippen LogP contribution in [-0.2, 0) is 0 Å². The highest BCUT2D eigenvalue weighted by Gasteiger charge is 2.37. The maximum Gasteiger partial charge on any atom is 0.344 e. The fourth-order valence-electron chi connectivity index (χ4n) is 4.02. The molecule has 0 radical (unpaired) electrons. The van der Waals surface area contributed by atoms with Crippen molar-refractivity contribution in [3.8, 4) is 11.8 Å². The summed E-state index contributed by atoms with van der Waals surface area (Å²) in [4.78, 5) is 16.3. The van der Waals surface area contributed by atoms with Crippen molar-refractivity contribution in [2.24, 2.45) is 5.73 Å². The number of allylic oxidation sites excluding steroid dienone is 1. The zero-order valence-electron chi connectivity index (χ0n) is 14.9. The molecule has 0 fully saturated rings. The second kappa shape index (κ2) is 5.76. The molecule has 0 bridgehead atoms. The normalized spacial score (nSPS) is 16.1. The van der Waals surface area contributed by atoms with Gasteiger partial charge in [0.25, 0.3) is 0 Å². The van der Waals surface area contributed by atoms with Crippen molar-refractivity contribution in [2.75, 3.05) is 0 Å². The molecule has 0 amide bonds. The van der Waals surface area contributed by atoms with Crippen LogP contribution in [0.5, 0.6) is 5.75 Å². The van der Waals surface area contributed by atoms with Crippen molar-refractivity contribution in [1.29, 1.82) is 5.26 Å². The SMILES string of the molecule is Cc1[nH]c2ccccc2c1C1C(C#N)=C(N)Oc2c1c(=O)oc1ccccc21. The molecule has 1 unspecified atom stereocenters. The molecule has 0 aliphatic carbocycles. The van der Waals surface area contributed by atoms with Crippen LogP contribution in [0.2, 0.25) is 0 Å². The molecule has 6 nitrogen and oxygen atoms in total. The van der Waals surface area contributed by atoms with Gasteiger partial charge in [0.15, 0.2) is 5.75 Å². The molecular formula is C22H15N3O3. The summed E-state index contributed by atoms with van der Waals surface area (Å²) in [6, 6.07) is 17.0. The number of nitrogens with two attached hydrogens (primary N) is 1. The minimum Gasteiger partial charge on any atom is -0.439 e. The fraction of sp³-hybridized carbons (Fsp3) is 0.0909. The third kappa shape index (κ3) is 2.10. The van der Waals surface area contributed by atoms with Crippen molar-refractivity contribution < 1.29 is 9.15 Å². The van der Waals surface area contributed by atoms with E-state index in [0.717, 1.165) is 22.2 Å². The second-order valence-electron chi connectivity index (χ2n) is 6.76. The van der Waals surface area contributed by atoms with E-state index in [4.69, 9.17) is 14.9 Å². The molecule has 4 aromatic rings. The molecule has 1 atom stereocenters. The Bertz CT molecular complexity index is 1400. The Kier molecular flexibility index (Phi) is 3.34. The number of nitrogens with zero attached hydrogens (tertiary/aromatic N) is 1. The molecule has 1 aliphatic heterocycles. The van der Waals surface area contributed by atoms with Crippen LogP contribution in [-0.4, -0.2) is 4.98 Å². The number of H-pyrrole nitrogens is 1. The molecule has 0 spiro atoms. The van der Waals surface area contributed by atoms with Gasteiger partial charge >= 0.3 is 5.63 Å². The lowest BCUT2D eigenvalue weighted by molar-refractivity contribution is 0.388. The molecule has 2 aromatic carbocycles. The number of para-hydroxylation sites is 2. The van der Waals surface area contributed by atoms with Gasteiger partial charge in [0.1, 0.15) is 17.2 Å². The molecule has 1 aliphatic rings. The van der Waals surface area contributed by atoms with Crippen LogP contribution in [0, 0.1) is 18.3 Å². The summed E-state index contributed by atoms with van der Waals surface area (Å²) in [5.41, 5.74) is 9.08. The Balaban J connectivity index is 1.93. The number of aromatic nitrogens is 1. The second-order valence-corrected chi connectivity index (χ2v) is 6.76. The lowest BCUT2D eigenvalue weighted by atomic mass is 9.82. The van der Waals surface area contributed by atoms with Crippen LogP contribution in [0.4, 0.5) is 0 Å². The van der Waals surface area contributed by atoms with E-state index >= 15 is 0 Å². The van der Waals surface area contributed by atoms with E-state index in [9.17, 15) is 10.1 Å². The predicted octanol–water partition coefficient (Wildman–Crippen LogP) is 3.80. The average molecular weight is 369 g/mol. The molecule has 5 rings (SSSR count). The zero-order chi connectivity index (χ0) is 19.4. The quantitative estimate of drug-likeness (QED) is 0.497. The molecule has 3 heterocycles. The summed E-state index contributed by atoms with van der Waals surface area (Å²) >= 11 is 0. The maximum absolute atomic E-state index is 13.0. The van der Waals surface area contributed by atoms with Gasteiger partial charge < -0.3 is 19.9 Å². The minimum absolute atomic E-state index is 0.000402. The van der Waals surface area contributed by atoms with Gasteiger partial charge in [-0.2, -0.15) is 5.26 Å². The number of hydrogen-bond donors (Lipinski definition) is 2. The number of aryl methyl sites for hydroxylation is 1. The van der Waals surface area contributed by atoms with E-state index in [0.29, 0.717) is 16.7 Å². The molecule has 136 valence electrons. The number of rotatable bonds is 1. The van der Waals surface area contributed by atoms with Gasteiger partial charge in [0, 0.05) is 16.6 Å². The van der Waals surface area contributed by atoms with Gasteiger partial charge in [-0.1, -0.05) is 30.3 Å². The van der Waals surface area contributed by atoms with E-state index in [-0.39, 0.29) is 17.0 Å². The molecule has 0 saturated heterocycles. The van der Waals surface area contributed by atoms with Crippen LogP contribution < -0.4 is 16.1 Å². The average Bonchev–Trinajstić information content (AvgIpc) is 3.02. The predicted molar refractivity (Wildman–Crippen MR) is 105 cm³/mol. The molecule has 3 N–H and O–H groups in total. The monoisotopic (exact) mass is 369 g/mol. The lowest BCUT2D eigenvalue weighted by Gasteiger charge is -2.26. The molecule has 28 heavy (non-hydrogen) atoms. The largest absolute Gasteiger partial charge is 0.439 e. The molecule has 2 aromatic heterocycles.